The van der Waals surface area contributed by atoms with Crippen molar-refractivity contribution in [2.45, 2.75) is 23.1 Å². The Morgan fingerprint density at radius 2 is 1.97 bits per heavy atom. The van der Waals surface area contributed by atoms with Crippen LogP contribution in [0.3, 0.4) is 0 Å². The predicted octanol–water partition coefficient (Wildman–Crippen LogP) is 4.02. The third-order valence-electron chi connectivity index (χ3n) is 4.40. The highest BCUT2D eigenvalue weighted by atomic mass is 32.2. The Labute approximate surface area is 176 Å². The first-order valence-electron chi connectivity index (χ1n) is 8.84. The highest BCUT2D eigenvalue weighted by molar-refractivity contribution is 8.01. The summed E-state index contributed by atoms with van der Waals surface area (Å²) < 4.78 is 35.2. The van der Waals surface area contributed by atoms with Crippen LogP contribution < -0.4 is 9.62 Å². The maximum Gasteiger partial charge on any atom is 0.337 e. The van der Waals surface area contributed by atoms with Crippen LogP contribution >= 0.6 is 23.7 Å². The summed E-state index contributed by atoms with van der Waals surface area (Å²) in [6.45, 7) is 0.640. The van der Waals surface area contributed by atoms with Gasteiger partial charge in [0.05, 0.1) is 30.2 Å². The average Bonchev–Trinajstić information content (AvgIpc) is 2.69. The topological polar surface area (TPSA) is 58.6 Å². The van der Waals surface area contributed by atoms with E-state index in [4.69, 9.17) is 4.74 Å². The summed E-state index contributed by atoms with van der Waals surface area (Å²) in [6.07, 6.45) is 2.50. The zero-order valence-corrected chi connectivity index (χ0v) is 17.5. The summed E-state index contributed by atoms with van der Waals surface area (Å²) in [5, 5.41) is -0.343. The molecule has 1 aliphatic heterocycles. The molecule has 3 rings (SSSR count). The first-order valence-corrected chi connectivity index (χ1v) is 10.9. The van der Waals surface area contributed by atoms with Gasteiger partial charge in [0.15, 0.2) is 0 Å². The Hall–Kier alpha value is -2.10. The normalized spacial score (nSPS) is 15.9. The van der Waals surface area contributed by atoms with Crippen molar-refractivity contribution in [3.8, 4) is 0 Å². The predicted molar refractivity (Wildman–Crippen MR) is 111 cm³/mol. The van der Waals surface area contributed by atoms with Gasteiger partial charge in [-0.25, -0.2) is 13.6 Å². The Morgan fingerprint density at radius 1 is 1.24 bits per heavy atom. The zero-order chi connectivity index (χ0) is 21.0. The lowest BCUT2D eigenvalue weighted by molar-refractivity contribution is -0.118. The van der Waals surface area contributed by atoms with Crippen LogP contribution in [0.4, 0.5) is 14.5 Å². The second-order valence-corrected chi connectivity index (χ2v) is 8.31. The number of hydrogen-bond acceptors (Lipinski definition) is 6. The van der Waals surface area contributed by atoms with Crippen LogP contribution in [-0.4, -0.2) is 37.0 Å². The average molecular weight is 439 g/mol. The SMILES string of the molecule is COC(=O)c1ccc2c(c1)N(Cc1cc(F)cc(F)c1)C(=O)C(CCNSC)S2. The van der Waals surface area contributed by atoms with E-state index in [1.807, 2.05) is 6.26 Å². The van der Waals surface area contributed by atoms with Gasteiger partial charge in [0.2, 0.25) is 5.91 Å². The molecule has 0 radical (unpaired) electrons. The molecule has 2 aromatic carbocycles. The number of amides is 1. The summed E-state index contributed by atoms with van der Waals surface area (Å²) in [7, 11) is 1.28. The van der Waals surface area contributed by atoms with Crippen LogP contribution in [0.25, 0.3) is 0 Å². The van der Waals surface area contributed by atoms with Crippen LogP contribution in [0.1, 0.15) is 22.3 Å². The quantitative estimate of drug-likeness (QED) is 0.400. The number of nitrogens with one attached hydrogen (secondary N) is 1. The van der Waals surface area contributed by atoms with Crippen molar-refractivity contribution in [3.05, 3.63) is 59.2 Å². The van der Waals surface area contributed by atoms with E-state index in [-0.39, 0.29) is 17.7 Å². The number of esters is 1. The number of carbonyl (C=O) groups is 2. The van der Waals surface area contributed by atoms with Crippen molar-refractivity contribution in [2.75, 3.05) is 24.8 Å². The molecule has 29 heavy (non-hydrogen) atoms. The van der Waals surface area contributed by atoms with Gasteiger partial charge in [-0.05, 0) is 48.6 Å². The van der Waals surface area contributed by atoms with Crippen molar-refractivity contribution in [3.63, 3.8) is 0 Å². The zero-order valence-electron chi connectivity index (χ0n) is 15.9. The monoisotopic (exact) mass is 438 g/mol. The van der Waals surface area contributed by atoms with Gasteiger partial charge < -0.3 is 9.64 Å². The number of carbonyl (C=O) groups excluding carboxylic acids is 2. The number of hydrogen-bond donors (Lipinski definition) is 1. The Morgan fingerprint density at radius 3 is 2.62 bits per heavy atom. The van der Waals surface area contributed by atoms with E-state index in [9.17, 15) is 18.4 Å². The fourth-order valence-electron chi connectivity index (χ4n) is 3.09. The molecule has 1 unspecified atom stereocenters. The fourth-order valence-corrected chi connectivity index (χ4v) is 4.62. The number of halogens is 2. The molecule has 2 aromatic rings. The van der Waals surface area contributed by atoms with Gasteiger partial charge in [-0.1, -0.05) is 11.9 Å². The van der Waals surface area contributed by atoms with Crippen molar-refractivity contribution in [1.29, 1.82) is 0 Å². The molecule has 1 heterocycles. The smallest absolute Gasteiger partial charge is 0.337 e. The Bertz CT molecular complexity index is 906. The lowest BCUT2D eigenvalue weighted by Gasteiger charge is -2.34. The highest BCUT2D eigenvalue weighted by Crippen LogP contribution is 2.41. The molecule has 1 N–H and O–H groups in total. The lowest BCUT2D eigenvalue weighted by atomic mass is 10.1. The van der Waals surface area contributed by atoms with Gasteiger partial charge in [0, 0.05) is 17.5 Å². The first kappa shape index (κ1) is 21.6. The maximum absolute atomic E-state index is 13.7. The molecule has 0 fully saturated rings. The summed E-state index contributed by atoms with van der Waals surface area (Å²) in [5.74, 6) is -2.10. The number of ether oxygens (including phenoxy) is 1. The molecule has 0 saturated heterocycles. The fraction of sp³-hybridized carbons (Fsp3) is 0.300. The van der Waals surface area contributed by atoms with Crippen molar-refractivity contribution in [2.24, 2.45) is 0 Å². The van der Waals surface area contributed by atoms with Gasteiger partial charge in [-0.3, -0.25) is 9.52 Å². The molecule has 154 valence electrons. The first-order chi connectivity index (χ1) is 13.9. The van der Waals surface area contributed by atoms with E-state index in [2.05, 4.69) is 4.72 Å². The van der Waals surface area contributed by atoms with Crippen molar-refractivity contribution < 1.29 is 23.1 Å². The van der Waals surface area contributed by atoms with Gasteiger partial charge in [-0.15, -0.1) is 11.8 Å². The van der Waals surface area contributed by atoms with Gasteiger partial charge in [0.1, 0.15) is 11.6 Å². The molecule has 0 spiro atoms. The molecule has 0 bridgehead atoms. The second kappa shape index (κ2) is 9.60. The minimum absolute atomic E-state index is 0.00183. The molecule has 9 heteroatoms. The standard InChI is InChI=1S/C20H20F2N2O3S2/c1-27-20(26)13-3-4-17-16(9-13)24(11-12-7-14(21)10-15(22)8-12)19(25)18(29-17)5-6-23-28-2/h3-4,7-10,18,23H,5-6,11H2,1-2H3. The molecule has 5 nitrogen and oxygen atoms in total. The van der Waals surface area contributed by atoms with Crippen molar-refractivity contribution in [1.82, 2.24) is 4.72 Å². The van der Waals surface area contributed by atoms with E-state index in [1.54, 1.807) is 18.2 Å². The van der Waals surface area contributed by atoms with Gasteiger partial charge in [-0.2, -0.15) is 0 Å². The minimum Gasteiger partial charge on any atom is -0.465 e. The molecule has 0 aromatic heterocycles. The number of benzene rings is 2. The van der Waals surface area contributed by atoms with E-state index in [0.29, 0.717) is 29.8 Å². The van der Waals surface area contributed by atoms with Gasteiger partial charge >= 0.3 is 5.97 Å². The van der Waals surface area contributed by atoms with E-state index < -0.39 is 17.6 Å². The van der Waals surface area contributed by atoms with Crippen LogP contribution in [0.5, 0.6) is 0 Å². The number of nitrogens with zero attached hydrogens (tertiary/aromatic N) is 1. The molecule has 0 saturated carbocycles. The molecule has 0 aliphatic carbocycles. The van der Waals surface area contributed by atoms with Crippen LogP contribution in [0.2, 0.25) is 0 Å². The Kier molecular flexibility index (Phi) is 7.15. The summed E-state index contributed by atoms with van der Waals surface area (Å²) >= 11 is 2.90. The number of anilines is 1. The maximum atomic E-state index is 13.7. The van der Waals surface area contributed by atoms with Crippen LogP contribution in [0.15, 0.2) is 41.3 Å². The number of methoxy groups -OCH3 is 1. The molecular weight excluding hydrogens is 418 g/mol. The van der Waals surface area contributed by atoms with E-state index in [1.165, 1.54) is 47.9 Å². The third kappa shape index (κ3) is 5.09. The summed E-state index contributed by atoms with van der Waals surface area (Å²) in [6, 6.07) is 8.19. The van der Waals surface area contributed by atoms with Gasteiger partial charge in [0.25, 0.3) is 0 Å². The van der Waals surface area contributed by atoms with E-state index >= 15 is 0 Å². The summed E-state index contributed by atoms with van der Waals surface area (Å²) in [4.78, 5) is 27.4. The third-order valence-corrected chi connectivity index (χ3v) is 6.21. The number of fused-ring (bicyclic) bond motifs is 1. The molecule has 1 aliphatic rings. The Balaban J connectivity index is 1.97. The second-order valence-electron chi connectivity index (χ2n) is 6.37. The number of rotatable bonds is 7. The minimum atomic E-state index is -0.705. The molecule has 1 atom stereocenters. The van der Waals surface area contributed by atoms with E-state index in [0.717, 1.165) is 11.0 Å². The highest BCUT2D eigenvalue weighted by Gasteiger charge is 2.34. The number of thioether (sulfide) groups is 1. The molecule has 1 amide bonds. The summed E-state index contributed by atoms with van der Waals surface area (Å²) in [5.41, 5.74) is 1.16. The van der Waals surface area contributed by atoms with Crippen molar-refractivity contribution >= 4 is 41.3 Å². The molecular formula is C20H20F2N2O3S2. The van der Waals surface area contributed by atoms with Crippen LogP contribution in [-0.2, 0) is 16.1 Å². The van der Waals surface area contributed by atoms with Crippen LogP contribution in [0, 0.1) is 11.6 Å². The largest absolute Gasteiger partial charge is 0.465 e. The lowest BCUT2D eigenvalue weighted by Crippen LogP contribution is -2.41.